The number of primary amides is 1. The van der Waals surface area contributed by atoms with Crippen LogP contribution >= 0.6 is 0 Å². The molecule has 4 N–H and O–H groups in total. The molecule has 0 aliphatic carbocycles. The molecule has 6 heteroatoms. The third-order valence-corrected chi connectivity index (χ3v) is 2.04. The first-order valence-corrected chi connectivity index (χ1v) is 4.58. The highest BCUT2D eigenvalue weighted by Gasteiger charge is 2.17. The Morgan fingerprint density at radius 3 is 2.93 bits per heavy atom. The number of nitrogens with one attached hydrogen (secondary N) is 2. The molecule has 80 valence electrons. The van der Waals surface area contributed by atoms with Crippen LogP contribution in [0.3, 0.4) is 0 Å². The second kappa shape index (κ2) is 5.56. The van der Waals surface area contributed by atoms with Gasteiger partial charge in [0.25, 0.3) is 0 Å². The van der Waals surface area contributed by atoms with Gasteiger partial charge in [-0.25, -0.2) is 5.48 Å². The van der Waals surface area contributed by atoms with Crippen LogP contribution in [0.4, 0.5) is 0 Å². The molecule has 6 nitrogen and oxygen atoms in total. The van der Waals surface area contributed by atoms with Gasteiger partial charge >= 0.3 is 0 Å². The van der Waals surface area contributed by atoms with E-state index < -0.39 is 5.91 Å². The van der Waals surface area contributed by atoms with E-state index in [4.69, 9.17) is 5.73 Å². The third kappa shape index (κ3) is 4.20. The molecular formula is C8H15N3O3. The Balaban J connectivity index is 2.06. The van der Waals surface area contributed by atoms with Crippen LogP contribution in [0.2, 0.25) is 0 Å². The Kier molecular flexibility index (Phi) is 4.34. The number of hydroxylamine groups is 1. The van der Waals surface area contributed by atoms with Crippen molar-refractivity contribution in [2.24, 2.45) is 11.7 Å². The second-order valence-corrected chi connectivity index (χ2v) is 3.34. The fourth-order valence-corrected chi connectivity index (χ4v) is 1.38. The van der Waals surface area contributed by atoms with Crippen molar-refractivity contribution in [2.75, 3.05) is 19.7 Å². The number of carbonyl (C=O) groups excluding carboxylic acids is 2. The average molecular weight is 201 g/mol. The molecule has 0 saturated carbocycles. The number of rotatable bonds is 5. The first kappa shape index (κ1) is 10.9. The van der Waals surface area contributed by atoms with E-state index in [1.807, 2.05) is 0 Å². The molecule has 1 aliphatic rings. The van der Waals surface area contributed by atoms with Gasteiger partial charge in [0.05, 0.1) is 0 Å². The molecule has 0 spiro atoms. The van der Waals surface area contributed by atoms with Crippen molar-refractivity contribution in [3.8, 4) is 0 Å². The summed E-state index contributed by atoms with van der Waals surface area (Å²) in [7, 11) is 0. The van der Waals surface area contributed by atoms with Crippen LogP contribution < -0.4 is 16.5 Å². The van der Waals surface area contributed by atoms with Gasteiger partial charge in [0, 0.05) is 6.42 Å². The first-order chi connectivity index (χ1) is 6.68. The molecule has 0 aromatic heterocycles. The summed E-state index contributed by atoms with van der Waals surface area (Å²) >= 11 is 0. The molecule has 14 heavy (non-hydrogen) atoms. The molecule has 0 bridgehead atoms. The highest BCUT2D eigenvalue weighted by atomic mass is 16.7. The van der Waals surface area contributed by atoms with Crippen LogP contribution in [0.5, 0.6) is 0 Å². The molecule has 1 aliphatic heterocycles. The van der Waals surface area contributed by atoms with Crippen molar-refractivity contribution in [1.82, 2.24) is 10.8 Å². The number of hydrogen-bond donors (Lipinski definition) is 3. The van der Waals surface area contributed by atoms with E-state index in [1.165, 1.54) is 0 Å². The zero-order valence-electron chi connectivity index (χ0n) is 7.91. The van der Waals surface area contributed by atoms with Crippen LogP contribution in [0.25, 0.3) is 0 Å². The largest absolute Gasteiger partial charge is 0.368 e. The van der Waals surface area contributed by atoms with Gasteiger partial charge in [-0.05, 0) is 25.4 Å². The summed E-state index contributed by atoms with van der Waals surface area (Å²) in [6.45, 7) is 1.54. The maximum absolute atomic E-state index is 11.2. The van der Waals surface area contributed by atoms with E-state index in [9.17, 15) is 9.59 Å². The van der Waals surface area contributed by atoms with E-state index in [0.29, 0.717) is 12.3 Å². The Morgan fingerprint density at radius 2 is 2.36 bits per heavy atom. The zero-order valence-corrected chi connectivity index (χ0v) is 7.91. The molecule has 1 fully saturated rings. The fraction of sp³-hybridized carbons (Fsp3) is 0.750. The summed E-state index contributed by atoms with van der Waals surface area (Å²) in [6.07, 6.45) is 1.43. The molecule has 1 unspecified atom stereocenters. The standard InChI is InChI=1S/C8H15N3O3/c9-7(12)5-14-11-8(13)3-6-1-2-10-4-6/h6,10H,1-5H2,(H2,9,12)(H,11,13). The smallest absolute Gasteiger partial charge is 0.246 e. The van der Waals surface area contributed by atoms with Gasteiger partial charge in [-0.3, -0.25) is 14.4 Å². The molecule has 1 atom stereocenters. The monoisotopic (exact) mass is 201 g/mol. The van der Waals surface area contributed by atoms with Gasteiger partial charge in [0.2, 0.25) is 11.8 Å². The zero-order chi connectivity index (χ0) is 10.4. The highest BCUT2D eigenvalue weighted by Crippen LogP contribution is 2.11. The maximum atomic E-state index is 11.2. The Bertz CT molecular complexity index is 214. The summed E-state index contributed by atoms with van der Waals surface area (Å²) < 4.78 is 0. The molecule has 1 saturated heterocycles. The van der Waals surface area contributed by atoms with Crippen LogP contribution in [-0.4, -0.2) is 31.5 Å². The van der Waals surface area contributed by atoms with E-state index in [-0.39, 0.29) is 12.5 Å². The minimum Gasteiger partial charge on any atom is -0.368 e. The Hall–Kier alpha value is -1.14. The van der Waals surface area contributed by atoms with Crippen LogP contribution in [0.1, 0.15) is 12.8 Å². The number of hydrogen-bond acceptors (Lipinski definition) is 4. The summed E-state index contributed by atoms with van der Waals surface area (Å²) in [4.78, 5) is 26.0. The fourth-order valence-electron chi connectivity index (χ4n) is 1.38. The minimum absolute atomic E-state index is 0.208. The molecule has 0 radical (unpaired) electrons. The highest BCUT2D eigenvalue weighted by molar-refractivity contribution is 5.77. The molecular weight excluding hydrogens is 186 g/mol. The van der Waals surface area contributed by atoms with Crippen molar-refractivity contribution in [3.63, 3.8) is 0 Å². The van der Waals surface area contributed by atoms with Crippen LogP contribution in [0.15, 0.2) is 0 Å². The molecule has 1 heterocycles. The summed E-state index contributed by atoms with van der Waals surface area (Å²) in [5.41, 5.74) is 6.99. The van der Waals surface area contributed by atoms with Crippen molar-refractivity contribution in [2.45, 2.75) is 12.8 Å². The summed E-state index contributed by atoms with van der Waals surface area (Å²) in [6, 6.07) is 0. The number of amides is 2. The molecule has 1 rings (SSSR count). The van der Waals surface area contributed by atoms with E-state index >= 15 is 0 Å². The van der Waals surface area contributed by atoms with Gasteiger partial charge in [0.1, 0.15) is 0 Å². The number of carbonyl (C=O) groups is 2. The van der Waals surface area contributed by atoms with Crippen LogP contribution in [0, 0.1) is 5.92 Å². The van der Waals surface area contributed by atoms with Crippen molar-refractivity contribution in [1.29, 1.82) is 0 Å². The average Bonchev–Trinajstić information content (AvgIpc) is 2.56. The quantitative estimate of drug-likeness (QED) is 0.473. The number of nitrogens with two attached hydrogens (primary N) is 1. The van der Waals surface area contributed by atoms with Gasteiger partial charge < -0.3 is 11.1 Å². The molecule has 0 aromatic carbocycles. The lowest BCUT2D eigenvalue weighted by Gasteiger charge is -2.07. The topological polar surface area (TPSA) is 93.5 Å². The lowest BCUT2D eigenvalue weighted by molar-refractivity contribution is -0.138. The van der Waals surface area contributed by atoms with Crippen molar-refractivity contribution >= 4 is 11.8 Å². The van der Waals surface area contributed by atoms with Crippen LogP contribution in [-0.2, 0) is 14.4 Å². The summed E-state index contributed by atoms with van der Waals surface area (Å²) in [5, 5.41) is 3.16. The first-order valence-electron chi connectivity index (χ1n) is 4.58. The lowest BCUT2D eigenvalue weighted by Crippen LogP contribution is -2.30. The molecule has 2 amide bonds. The van der Waals surface area contributed by atoms with E-state index in [0.717, 1.165) is 19.5 Å². The van der Waals surface area contributed by atoms with Crippen molar-refractivity contribution in [3.05, 3.63) is 0 Å². The third-order valence-electron chi connectivity index (χ3n) is 2.04. The SMILES string of the molecule is NC(=O)CONC(=O)CC1CCNC1. The maximum Gasteiger partial charge on any atom is 0.246 e. The van der Waals surface area contributed by atoms with Gasteiger partial charge in [-0.2, -0.15) is 0 Å². The predicted octanol–water partition coefficient (Wildman–Crippen LogP) is -1.48. The van der Waals surface area contributed by atoms with E-state index in [2.05, 4.69) is 15.6 Å². The second-order valence-electron chi connectivity index (χ2n) is 3.34. The Morgan fingerprint density at radius 1 is 1.57 bits per heavy atom. The Labute approximate surface area is 82.1 Å². The lowest BCUT2D eigenvalue weighted by atomic mass is 10.1. The molecule has 0 aromatic rings. The summed E-state index contributed by atoms with van der Waals surface area (Å²) in [5.74, 6) is -0.444. The minimum atomic E-state index is -0.604. The van der Waals surface area contributed by atoms with Gasteiger partial charge in [-0.1, -0.05) is 0 Å². The van der Waals surface area contributed by atoms with Gasteiger partial charge in [-0.15, -0.1) is 0 Å². The van der Waals surface area contributed by atoms with E-state index in [1.54, 1.807) is 0 Å². The van der Waals surface area contributed by atoms with Crippen molar-refractivity contribution < 1.29 is 14.4 Å². The van der Waals surface area contributed by atoms with Gasteiger partial charge in [0.15, 0.2) is 6.61 Å². The normalized spacial score (nSPS) is 20.7. The predicted molar refractivity (Wildman–Crippen MR) is 48.9 cm³/mol.